The summed E-state index contributed by atoms with van der Waals surface area (Å²) >= 11 is 0. The first-order chi connectivity index (χ1) is 12.7. The quantitative estimate of drug-likeness (QED) is 0.618. The molecule has 0 aliphatic rings. The Hall–Kier alpha value is -3.54. The first kappa shape index (κ1) is 16.0. The number of hydrogen-bond donors (Lipinski definition) is 1. The number of aryl methyl sites for hydroxylation is 1. The molecule has 3 aromatic heterocycles. The minimum absolute atomic E-state index is 0.132. The number of amides is 1. The highest BCUT2D eigenvalue weighted by Gasteiger charge is 2.11. The summed E-state index contributed by atoms with van der Waals surface area (Å²) in [4.78, 5) is 25.5. The average Bonchev–Trinajstić information content (AvgIpc) is 3.03. The number of aromatic nitrogens is 4. The third-order valence-electron chi connectivity index (χ3n) is 4.13. The van der Waals surface area contributed by atoms with Crippen LogP contribution in [0.5, 0.6) is 0 Å². The number of nitrogens with one attached hydrogen (secondary N) is 1. The van der Waals surface area contributed by atoms with Crippen LogP contribution in [0.1, 0.15) is 21.9 Å². The number of pyridine rings is 2. The Morgan fingerprint density at radius 3 is 2.58 bits per heavy atom. The predicted octanol–water partition coefficient (Wildman–Crippen LogP) is 3.05. The molecule has 6 heteroatoms. The lowest BCUT2D eigenvalue weighted by atomic mass is 10.2. The normalized spacial score (nSPS) is 10.8. The second-order valence-electron chi connectivity index (χ2n) is 5.89. The van der Waals surface area contributed by atoms with Crippen LogP contribution in [0, 0.1) is 6.92 Å². The van der Waals surface area contributed by atoms with E-state index in [2.05, 4.69) is 20.3 Å². The standard InChI is InChI=1S/C20H17N5O/c1-14-24-18-6-4-12-22-19(18)25(14)17-9-7-15(8-10-17)20(26)23-13-16-5-2-3-11-21-16/h2-12H,13H2,1H3,(H,23,26). The first-order valence-corrected chi connectivity index (χ1v) is 8.31. The largest absolute Gasteiger partial charge is 0.346 e. The van der Waals surface area contributed by atoms with Crippen molar-refractivity contribution >= 4 is 17.1 Å². The average molecular weight is 343 g/mol. The Balaban J connectivity index is 1.55. The Morgan fingerprint density at radius 1 is 1.00 bits per heavy atom. The predicted molar refractivity (Wildman–Crippen MR) is 99.0 cm³/mol. The summed E-state index contributed by atoms with van der Waals surface area (Å²) in [6.45, 7) is 2.34. The topological polar surface area (TPSA) is 72.7 Å². The maximum Gasteiger partial charge on any atom is 0.251 e. The van der Waals surface area contributed by atoms with Crippen molar-refractivity contribution in [2.24, 2.45) is 0 Å². The van der Waals surface area contributed by atoms with Crippen LogP contribution >= 0.6 is 0 Å². The highest BCUT2D eigenvalue weighted by atomic mass is 16.1. The van der Waals surface area contributed by atoms with Gasteiger partial charge in [-0.15, -0.1) is 0 Å². The summed E-state index contributed by atoms with van der Waals surface area (Å²) in [5.41, 5.74) is 3.99. The van der Waals surface area contributed by atoms with Crippen molar-refractivity contribution in [3.63, 3.8) is 0 Å². The molecule has 4 aromatic rings. The zero-order chi connectivity index (χ0) is 17.9. The van der Waals surface area contributed by atoms with E-state index in [0.29, 0.717) is 12.1 Å². The van der Waals surface area contributed by atoms with Crippen LogP contribution in [0.15, 0.2) is 67.0 Å². The summed E-state index contributed by atoms with van der Waals surface area (Å²) in [7, 11) is 0. The minimum atomic E-state index is -0.132. The van der Waals surface area contributed by atoms with Gasteiger partial charge in [0.15, 0.2) is 5.65 Å². The third-order valence-corrected chi connectivity index (χ3v) is 4.13. The maximum atomic E-state index is 12.3. The number of benzene rings is 1. The van der Waals surface area contributed by atoms with E-state index < -0.39 is 0 Å². The fraction of sp³-hybridized carbons (Fsp3) is 0.100. The molecule has 0 saturated carbocycles. The van der Waals surface area contributed by atoms with Crippen molar-refractivity contribution in [3.8, 4) is 5.69 Å². The van der Waals surface area contributed by atoms with E-state index in [9.17, 15) is 4.79 Å². The summed E-state index contributed by atoms with van der Waals surface area (Å²) in [6.07, 6.45) is 3.46. The van der Waals surface area contributed by atoms with Gasteiger partial charge in [0.25, 0.3) is 5.91 Å². The Labute approximate surface area is 150 Å². The van der Waals surface area contributed by atoms with E-state index in [1.807, 2.05) is 54.0 Å². The fourth-order valence-electron chi connectivity index (χ4n) is 2.87. The van der Waals surface area contributed by atoms with Crippen molar-refractivity contribution in [2.75, 3.05) is 0 Å². The number of carbonyl (C=O) groups is 1. The van der Waals surface area contributed by atoms with Gasteiger partial charge in [-0.2, -0.15) is 0 Å². The SMILES string of the molecule is Cc1nc2cccnc2n1-c1ccc(C(=O)NCc2ccccn2)cc1. The van der Waals surface area contributed by atoms with Gasteiger partial charge >= 0.3 is 0 Å². The van der Waals surface area contributed by atoms with Gasteiger partial charge in [-0.05, 0) is 55.5 Å². The lowest BCUT2D eigenvalue weighted by Crippen LogP contribution is -2.23. The molecule has 0 fully saturated rings. The molecule has 6 nitrogen and oxygen atoms in total. The van der Waals surface area contributed by atoms with Gasteiger partial charge in [-0.25, -0.2) is 9.97 Å². The summed E-state index contributed by atoms with van der Waals surface area (Å²) in [5.74, 6) is 0.721. The zero-order valence-electron chi connectivity index (χ0n) is 14.3. The number of nitrogens with zero attached hydrogens (tertiary/aromatic N) is 4. The molecule has 26 heavy (non-hydrogen) atoms. The molecule has 0 saturated heterocycles. The van der Waals surface area contributed by atoms with Crippen LogP contribution in [0.25, 0.3) is 16.9 Å². The zero-order valence-corrected chi connectivity index (χ0v) is 14.3. The van der Waals surface area contributed by atoms with Crippen LogP contribution in [-0.4, -0.2) is 25.4 Å². The lowest BCUT2D eigenvalue weighted by molar-refractivity contribution is 0.0950. The van der Waals surface area contributed by atoms with E-state index in [1.54, 1.807) is 24.5 Å². The van der Waals surface area contributed by atoms with Crippen LogP contribution in [0.3, 0.4) is 0 Å². The van der Waals surface area contributed by atoms with Crippen LogP contribution in [0.4, 0.5) is 0 Å². The molecule has 0 bridgehead atoms. The van der Waals surface area contributed by atoms with Gasteiger partial charge in [0.1, 0.15) is 11.3 Å². The van der Waals surface area contributed by atoms with Crippen LogP contribution in [0.2, 0.25) is 0 Å². The lowest BCUT2D eigenvalue weighted by Gasteiger charge is -2.08. The van der Waals surface area contributed by atoms with Gasteiger partial charge in [-0.3, -0.25) is 14.3 Å². The highest BCUT2D eigenvalue weighted by Crippen LogP contribution is 2.19. The van der Waals surface area contributed by atoms with Gasteiger partial charge in [-0.1, -0.05) is 6.07 Å². The second-order valence-corrected chi connectivity index (χ2v) is 5.89. The third kappa shape index (κ3) is 3.04. The van der Waals surface area contributed by atoms with E-state index in [0.717, 1.165) is 28.4 Å². The van der Waals surface area contributed by atoms with E-state index in [1.165, 1.54) is 0 Å². The van der Waals surface area contributed by atoms with Gasteiger partial charge < -0.3 is 5.32 Å². The molecule has 4 rings (SSSR count). The minimum Gasteiger partial charge on any atom is -0.346 e. The summed E-state index contributed by atoms with van der Waals surface area (Å²) in [6, 6.07) is 16.8. The van der Waals surface area contributed by atoms with Crippen molar-refractivity contribution in [3.05, 3.63) is 84.1 Å². The highest BCUT2D eigenvalue weighted by molar-refractivity contribution is 5.94. The van der Waals surface area contributed by atoms with Crippen molar-refractivity contribution < 1.29 is 4.79 Å². The van der Waals surface area contributed by atoms with Crippen LogP contribution in [-0.2, 0) is 6.54 Å². The molecule has 1 aromatic carbocycles. The fourth-order valence-corrected chi connectivity index (χ4v) is 2.87. The molecule has 0 aliphatic heterocycles. The molecule has 0 radical (unpaired) electrons. The summed E-state index contributed by atoms with van der Waals surface area (Å²) in [5, 5.41) is 2.88. The Bertz CT molecular complexity index is 1050. The van der Waals surface area contributed by atoms with Crippen LogP contribution < -0.4 is 5.32 Å². The Kier molecular flexibility index (Phi) is 4.15. The monoisotopic (exact) mass is 343 g/mol. The molecule has 3 heterocycles. The van der Waals surface area contributed by atoms with Crippen molar-refractivity contribution in [1.29, 1.82) is 0 Å². The maximum absolute atomic E-state index is 12.3. The number of hydrogen-bond acceptors (Lipinski definition) is 4. The molecule has 1 N–H and O–H groups in total. The second kappa shape index (κ2) is 6.76. The van der Waals surface area contributed by atoms with Gasteiger partial charge in [0, 0.05) is 23.6 Å². The molecule has 0 spiro atoms. The van der Waals surface area contributed by atoms with Crippen molar-refractivity contribution in [1.82, 2.24) is 24.8 Å². The van der Waals surface area contributed by atoms with Gasteiger partial charge in [0.05, 0.1) is 12.2 Å². The summed E-state index contributed by atoms with van der Waals surface area (Å²) < 4.78 is 1.98. The molecular weight excluding hydrogens is 326 g/mol. The van der Waals surface area contributed by atoms with Gasteiger partial charge in [0.2, 0.25) is 0 Å². The Morgan fingerprint density at radius 2 is 1.81 bits per heavy atom. The number of rotatable bonds is 4. The molecule has 0 atom stereocenters. The number of carbonyl (C=O) groups excluding carboxylic acids is 1. The first-order valence-electron chi connectivity index (χ1n) is 8.31. The van der Waals surface area contributed by atoms with E-state index >= 15 is 0 Å². The molecule has 128 valence electrons. The van der Waals surface area contributed by atoms with E-state index in [-0.39, 0.29) is 5.91 Å². The molecule has 0 aliphatic carbocycles. The number of fused-ring (bicyclic) bond motifs is 1. The van der Waals surface area contributed by atoms with E-state index in [4.69, 9.17) is 0 Å². The number of imidazole rings is 1. The smallest absolute Gasteiger partial charge is 0.251 e. The van der Waals surface area contributed by atoms with Crippen molar-refractivity contribution in [2.45, 2.75) is 13.5 Å². The molecular formula is C20H17N5O. The molecule has 1 amide bonds. The molecule has 0 unspecified atom stereocenters.